The van der Waals surface area contributed by atoms with Gasteiger partial charge in [0.05, 0.1) is 29.5 Å². The van der Waals surface area contributed by atoms with Crippen molar-refractivity contribution in [3.8, 4) is 0 Å². The van der Waals surface area contributed by atoms with Gasteiger partial charge in [0.25, 0.3) is 0 Å². The molecule has 2 saturated carbocycles. The Morgan fingerprint density at radius 1 is 0.919 bits per heavy atom. The van der Waals surface area contributed by atoms with Gasteiger partial charge in [0.2, 0.25) is 0 Å². The highest BCUT2D eigenvalue weighted by atomic mass is 19.1. The van der Waals surface area contributed by atoms with Crippen molar-refractivity contribution in [2.45, 2.75) is 134 Å². The number of carbonyl (C=O) groups excluding carboxylic acids is 6. The molecule has 0 aromatic heterocycles. The van der Waals surface area contributed by atoms with Gasteiger partial charge < -0.3 is 49.1 Å². The van der Waals surface area contributed by atoms with Crippen LogP contribution in [-0.4, -0.2) is 117 Å². The molecule has 2 aromatic rings. The van der Waals surface area contributed by atoms with E-state index in [1.165, 1.54) is 39.8 Å². The van der Waals surface area contributed by atoms with Gasteiger partial charge in [-0.05, 0) is 63.5 Å². The van der Waals surface area contributed by atoms with E-state index in [0.717, 1.165) is 13.8 Å². The van der Waals surface area contributed by atoms with E-state index >= 15 is 9.18 Å². The van der Waals surface area contributed by atoms with Crippen LogP contribution in [0.15, 0.2) is 71.8 Å². The molecule has 2 bridgehead atoms. The molecule has 0 radical (unpaired) electrons. The monoisotopic (exact) mass is 867 g/mol. The number of amides is 1. The lowest BCUT2D eigenvalue weighted by Gasteiger charge is -2.67. The van der Waals surface area contributed by atoms with Crippen LogP contribution in [0.3, 0.4) is 0 Å². The smallest absolute Gasteiger partial charge is 0.408 e. The zero-order valence-corrected chi connectivity index (χ0v) is 36.0. The molecule has 1 unspecified atom stereocenters. The lowest BCUT2D eigenvalue weighted by molar-refractivity contribution is -0.361. The fourth-order valence-electron chi connectivity index (χ4n) is 9.85. The molecule has 16 nitrogen and oxygen atoms in total. The minimum Gasteiger partial charge on any atom is -0.456 e. The number of alkyl carbamates (subject to hydrolysis) is 1. The molecule has 6 rings (SSSR count). The number of aliphatic hydroxyl groups excluding tert-OH is 2. The molecular formula is C45H54FNO15. The Labute approximate surface area is 358 Å². The maximum Gasteiger partial charge on any atom is 0.408 e. The van der Waals surface area contributed by atoms with Crippen molar-refractivity contribution in [1.82, 2.24) is 5.32 Å². The van der Waals surface area contributed by atoms with Crippen LogP contribution in [0, 0.1) is 16.7 Å². The third-order valence-electron chi connectivity index (χ3n) is 12.8. The van der Waals surface area contributed by atoms with Gasteiger partial charge in [-0.15, -0.1) is 0 Å². The predicted octanol–water partition coefficient (Wildman–Crippen LogP) is 3.78. The first-order chi connectivity index (χ1) is 28.8. The van der Waals surface area contributed by atoms with Gasteiger partial charge in [0, 0.05) is 25.7 Å². The Morgan fingerprint density at radius 2 is 1.52 bits per heavy atom. The summed E-state index contributed by atoms with van der Waals surface area (Å²) in [5.74, 6) is -7.21. The minimum absolute atomic E-state index is 0.0113. The molecular weight excluding hydrogens is 813 g/mol. The molecule has 4 aliphatic rings. The number of Topliss-reactive ketones (excluding diaryl/α,β-unsaturated/α-hetero) is 1. The molecule has 1 amide bonds. The number of ether oxygens (including phenoxy) is 6. The number of alkyl halides is 1. The quantitative estimate of drug-likeness (QED) is 0.160. The third-order valence-corrected chi connectivity index (χ3v) is 12.8. The average molecular weight is 868 g/mol. The topological polar surface area (TPSA) is 231 Å². The normalized spacial score (nSPS) is 33.4. The lowest BCUT2D eigenvalue weighted by atomic mass is 9.44. The van der Waals surface area contributed by atoms with Crippen molar-refractivity contribution in [3.05, 3.63) is 82.9 Å². The van der Waals surface area contributed by atoms with Crippen LogP contribution in [0.4, 0.5) is 9.18 Å². The summed E-state index contributed by atoms with van der Waals surface area (Å²) in [7, 11) is 0. The fourth-order valence-corrected chi connectivity index (χ4v) is 9.85. The maximum atomic E-state index is 16.6. The summed E-state index contributed by atoms with van der Waals surface area (Å²) in [6, 6.07) is 14.1. The number of aliphatic hydroxyl groups is 3. The van der Waals surface area contributed by atoms with Gasteiger partial charge >= 0.3 is 30.0 Å². The summed E-state index contributed by atoms with van der Waals surface area (Å²) in [6.45, 7) is 11.9. The number of carbonyl (C=O) groups is 6. The van der Waals surface area contributed by atoms with Crippen LogP contribution in [0.5, 0.6) is 0 Å². The van der Waals surface area contributed by atoms with E-state index in [9.17, 15) is 39.3 Å². The SMILES string of the molecule is CC(=O)O[C@H]1C(=O)[C@@]2(C)C([C@H](OC(=O)c3ccccc3)[C@]3(O)C[C@H](OC(=O)[C@H](O)[C@@H](NC(=O)OC(C)(C)C)c4ccccc4)C(C)=C1C3(C)C)[C@]1(OC(C)=O)CO[C@@H]1[C@@H](F)[C@@H]2O. The van der Waals surface area contributed by atoms with E-state index < -0.39 is 131 Å². The number of halogens is 1. The summed E-state index contributed by atoms with van der Waals surface area (Å²) in [5.41, 5.74) is -9.69. The second kappa shape index (κ2) is 16.5. The Kier molecular flexibility index (Phi) is 12.3. The molecule has 4 N–H and O–H groups in total. The first kappa shape index (κ1) is 46.3. The second-order valence-electron chi connectivity index (χ2n) is 18.2. The van der Waals surface area contributed by atoms with Crippen LogP contribution < -0.4 is 5.32 Å². The molecule has 12 atom stereocenters. The van der Waals surface area contributed by atoms with Gasteiger partial charge in [-0.3, -0.25) is 14.4 Å². The van der Waals surface area contributed by atoms with Crippen molar-refractivity contribution in [3.63, 3.8) is 0 Å². The molecule has 62 heavy (non-hydrogen) atoms. The number of hydrogen-bond acceptors (Lipinski definition) is 15. The largest absolute Gasteiger partial charge is 0.456 e. The Morgan fingerprint density at radius 3 is 2.05 bits per heavy atom. The van der Waals surface area contributed by atoms with Crippen molar-refractivity contribution < 1.29 is 76.9 Å². The molecule has 336 valence electrons. The van der Waals surface area contributed by atoms with Crippen LogP contribution in [0.25, 0.3) is 0 Å². The number of esters is 4. The average Bonchev–Trinajstić information content (AvgIpc) is 3.18. The van der Waals surface area contributed by atoms with Crippen molar-refractivity contribution in [2.24, 2.45) is 16.7 Å². The number of benzene rings is 2. The fraction of sp³-hybridized carbons (Fsp3) is 0.556. The van der Waals surface area contributed by atoms with Gasteiger partial charge in [0.1, 0.15) is 35.6 Å². The van der Waals surface area contributed by atoms with Gasteiger partial charge in [-0.1, -0.05) is 62.4 Å². The summed E-state index contributed by atoms with van der Waals surface area (Å²) in [6.07, 6.45) is -15.7. The summed E-state index contributed by atoms with van der Waals surface area (Å²) in [5, 5.41) is 39.7. The molecule has 1 aliphatic heterocycles. The van der Waals surface area contributed by atoms with Crippen LogP contribution in [0.2, 0.25) is 0 Å². The van der Waals surface area contributed by atoms with Crippen LogP contribution >= 0.6 is 0 Å². The van der Waals surface area contributed by atoms with E-state index in [4.69, 9.17) is 28.4 Å². The lowest BCUT2D eigenvalue weighted by Crippen LogP contribution is -2.84. The van der Waals surface area contributed by atoms with Crippen LogP contribution in [0.1, 0.15) is 90.7 Å². The van der Waals surface area contributed by atoms with E-state index in [0.29, 0.717) is 0 Å². The van der Waals surface area contributed by atoms with E-state index in [2.05, 4.69) is 5.32 Å². The van der Waals surface area contributed by atoms with E-state index in [1.54, 1.807) is 69.3 Å². The molecule has 17 heteroatoms. The number of ketones is 1. The highest BCUT2D eigenvalue weighted by Crippen LogP contribution is 2.65. The molecule has 3 aliphatic carbocycles. The molecule has 0 spiro atoms. The molecule has 1 heterocycles. The minimum atomic E-state index is -2.53. The Hall–Kier alpha value is -5.23. The molecule has 1 saturated heterocycles. The number of rotatable bonds is 9. The highest BCUT2D eigenvalue weighted by Gasteiger charge is 2.80. The standard InChI is InChI=1S/C45H54FNO15/c1-22-27(59-39(54)31(50)30(25-16-12-10-13-17-25)47-40(55)62-41(4,5)6)20-45(56)37(60-38(53)26-18-14-11-15-19-26)33-43(9,35(52)32(58-23(2)48)28(22)42(45,7)8)34(51)29(46)36-44(33,21-57-36)61-24(3)49/h10-19,27,29-34,36-37,50-51,56H,20-21H2,1-9H3,(H,47,55)/t27-,29-,30-,31+,32+,33?,34-,36+,37-,43-,44+,45+/m0/s1. The summed E-state index contributed by atoms with van der Waals surface area (Å²) >= 11 is 0. The number of fused-ring (bicyclic) bond motifs is 5. The van der Waals surface area contributed by atoms with Gasteiger partial charge in [-0.25, -0.2) is 18.8 Å². The first-order valence-electron chi connectivity index (χ1n) is 20.3. The molecule has 2 aromatic carbocycles. The maximum absolute atomic E-state index is 16.6. The summed E-state index contributed by atoms with van der Waals surface area (Å²) in [4.78, 5) is 82.8. The van der Waals surface area contributed by atoms with Crippen molar-refractivity contribution in [1.29, 1.82) is 0 Å². The van der Waals surface area contributed by atoms with Gasteiger partial charge in [0.15, 0.2) is 29.8 Å². The third kappa shape index (κ3) is 7.77. The number of nitrogens with one attached hydrogen (secondary N) is 1. The number of hydrogen-bond donors (Lipinski definition) is 4. The zero-order valence-electron chi connectivity index (χ0n) is 36.0. The van der Waals surface area contributed by atoms with E-state index in [1.807, 2.05) is 0 Å². The van der Waals surface area contributed by atoms with E-state index in [-0.39, 0.29) is 22.3 Å². The summed E-state index contributed by atoms with van der Waals surface area (Å²) < 4.78 is 51.5. The second-order valence-corrected chi connectivity index (χ2v) is 18.2. The predicted molar refractivity (Wildman–Crippen MR) is 213 cm³/mol. The molecule has 3 fully saturated rings. The van der Waals surface area contributed by atoms with Crippen LogP contribution in [-0.2, 0) is 47.6 Å². The van der Waals surface area contributed by atoms with Gasteiger partial charge in [-0.2, -0.15) is 0 Å². The Balaban J connectivity index is 1.55. The Bertz CT molecular complexity index is 2140. The van der Waals surface area contributed by atoms with Crippen molar-refractivity contribution in [2.75, 3.05) is 6.61 Å². The first-order valence-corrected chi connectivity index (χ1v) is 20.3. The zero-order chi connectivity index (χ0) is 45.9. The van der Waals surface area contributed by atoms with Crippen molar-refractivity contribution >= 4 is 35.8 Å². The highest BCUT2D eigenvalue weighted by molar-refractivity contribution is 5.96.